The number of hydrogen-bond donors (Lipinski definition) is 0. The Bertz CT molecular complexity index is 1350. The van der Waals surface area contributed by atoms with E-state index in [9.17, 15) is 19.7 Å². The first-order valence-electron chi connectivity index (χ1n) is 11.0. The average Bonchev–Trinajstić information content (AvgIpc) is 3.12. The van der Waals surface area contributed by atoms with Gasteiger partial charge in [-0.15, -0.1) is 0 Å². The van der Waals surface area contributed by atoms with E-state index in [1.54, 1.807) is 30.3 Å². The van der Waals surface area contributed by atoms with E-state index in [0.29, 0.717) is 30.9 Å². The third kappa shape index (κ3) is 6.79. The Kier molecular flexibility index (Phi) is 8.67. The SMILES string of the molecule is Cc1ccc(OCCN2C(=O)S/C(=C\c3cc(Br)c(OCc4ccc([N+](=O)[O-])cc4)c(Br)c3)C2=O)cc1. The summed E-state index contributed by atoms with van der Waals surface area (Å²) in [5.74, 6) is 0.851. The fourth-order valence-corrected chi connectivity index (χ4v) is 5.72. The van der Waals surface area contributed by atoms with Crippen molar-refractivity contribution in [3.63, 3.8) is 0 Å². The molecule has 0 spiro atoms. The molecule has 3 aromatic carbocycles. The van der Waals surface area contributed by atoms with Crippen molar-refractivity contribution in [1.82, 2.24) is 4.90 Å². The number of nitrogens with zero attached hydrogens (tertiary/aromatic N) is 2. The summed E-state index contributed by atoms with van der Waals surface area (Å²) in [5, 5.41) is 10.5. The standard InChI is InChI=1S/C26H20Br2N2O6S/c1-16-2-8-20(9-3-16)35-11-10-29-25(31)23(37-26(29)32)14-18-12-21(27)24(22(28)13-18)36-15-17-4-6-19(7-5-17)30(33)34/h2-9,12-14H,10-11,15H2,1H3/b23-14-. The molecule has 1 fully saturated rings. The first kappa shape index (κ1) is 26.9. The van der Waals surface area contributed by atoms with Gasteiger partial charge in [0.05, 0.1) is 25.3 Å². The first-order chi connectivity index (χ1) is 17.7. The van der Waals surface area contributed by atoms with Gasteiger partial charge in [0.15, 0.2) is 0 Å². The Morgan fingerprint density at radius 3 is 2.27 bits per heavy atom. The molecule has 3 aromatic rings. The summed E-state index contributed by atoms with van der Waals surface area (Å²) in [5.41, 5.74) is 2.60. The molecule has 1 aliphatic heterocycles. The molecule has 0 aromatic heterocycles. The highest BCUT2D eigenvalue weighted by atomic mass is 79.9. The average molecular weight is 648 g/mol. The van der Waals surface area contributed by atoms with Crippen LogP contribution in [0.2, 0.25) is 0 Å². The molecule has 0 radical (unpaired) electrons. The predicted octanol–water partition coefficient (Wildman–Crippen LogP) is 7.12. The number of hydrogen-bond acceptors (Lipinski definition) is 7. The third-order valence-electron chi connectivity index (χ3n) is 5.33. The van der Waals surface area contributed by atoms with Crippen LogP contribution in [-0.4, -0.2) is 34.1 Å². The van der Waals surface area contributed by atoms with Gasteiger partial charge in [-0.25, -0.2) is 0 Å². The lowest BCUT2D eigenvalue weighted by Crippen LogP contribution is -2.32. The summed E-state index contributed by atoms with van der Waals surface area (Å²) in [6.45, 7) is 2.54. The van der Waals surface area contributed by atoms with E-state index in [0.717, 1.165) is 22.9 Å². The van der Waals surface area contributed by atoms with E-state index >= 15 is 0 Å². The number of non-ortho nitro benzene ring substituents is 1. The molecule has 4 rings (SSSR count). The fourth-order valence-electron chi connectivity index (χ4n) is 3.40. The first-order valence-corrected chi connectivity index (χ1v) is 13.4. The zero-order valence-electron chi connectivity index (χ0n) is 19.5. The van der Waals surface area contributed by atoms with Gasteiger partial charge in [0, 0.05) is 12.1 Å². The molecular weight excluding hydrogens is 628 g/mol. The van der Waals surface area contributed by atoms with Crippen molar-refractivity contribution in [2.75, 3.05) is 13.2 Å². The van der Waals surface area contributed by atoms with E-state index < -0.39 is 4.92 Å². The number of amides is 2. The Labute approximate surface area is 234 Å². The highest BCUT2D eigenvalue weighted by Crippen LogP contribution is 2.38. The van der Waals surface area contributed by atoms with Gasteiger partial charge in [-0.05, 0) is 104 Å². The number of thioether (sulfide) groups is 1. The van der Waals surface area contributed by atoms with Gasteiger partial charge in [-0.3, -0.25) is 24.6 Å². The normalized spacial score (nSPS) is 14.4. The number of ether oxygens (including phenoxy) is 2. The molecule has 0 atom stereocenters. The van der Waals surface area contributed by atoms with Crippen LogP contribution in [0.4, 0.5) is 10.5 Å². The van der Waals surface area contributed by atoms with Crippen LogP contribution in [0.5, 0.6) is 11.5 Å². The second kappa shape index (κ2) is 11.9. The van der Waals surface area contributed by atoms with Crippen LogP contribution in [0.3, 0.4) is 0 Å². The number of imide groups is 1. The molecule has 190 valence electrons. The molecule has 0 bridgehead atoms. The summed E-state index contributed by atoms with van der Waals surface area (Å²) in [6, 6.07) is 17.2. The van der Waals surface area contributed by atoms with Crippen molar-refractivity contribution in [2.24, 2.45) is 0 Å². The number of nitro groups is 1. The number of halogens is 2. The lowest BCUT2D eigenvalue weighted by atomic mass is 10.2. The van der Waals surface area contributed by atoms with E-state index in [-0.39, 0.29) is 36.6 Å². The summed E-state index contributed by atoms with van der Waals surface area (Å²) in [7, 11) is 0. The maximum atomic E-state index is 12.8. The molecule has 37 heavy (non-hydrogen) atoms. The van der Waals surface area contributed by atoms with Gasteiger partial charge in [0.1, 0.15) is 24.7 Å². The monoisotopic (exact) mass is 646 g/mol. The van der Waals surface area contributed by atoms with Gasteiger partial charge >= 0.3 is 0 Å². The lowest BCUT2D eigenvalue weighted by Gasteiger charge is -2.13. The van der Waals surface area contributed by atoms with Gasteiger partial charge in [0.2, 0.25) is 0 Å². The number of aryl methyl sites for hydroxylation is 1. The third-order valence-corrected chi connectivity index (χ3v) is 7.41. The summed E-state index contributed by atoms with van der Waals surface area (Å²) in [4.78, 5) is 37.1. The molecule has 1 heterocycles. The molecule has 0 N–H and O–H groups in total. The van der Waals surface area contributed by atoms with Crippen LogP contribution in [0.1, 0.15) is 16.7 Å². The Hall–Kier alpha value is -3.15. The van der Waals surface area contributed by atoms with E-state index in [4.69, 9.17) is 9.47 Å². The van der Waals surface area contributed by atoms with Gasteiger partial charge in [0.25, 0.3) is 16.8 Å². The second-order valence-corrected chi connectivity index (χ2v) is 10.7. The number of carbonyl (C=O) groups is 2. The van der Waals surface area contributed by atoms with Crippen molar-refractivity contribution in [3.8, 4) is 11.5 Å². The topological polar surface area (TPSA) is 99.0 Å². The Balaban J connectivity index is 1.39. The zero-order valence-corrected chi connectivity index (χ0v) is 23.5. The van der Waals surface area contributed by atoms with Crippen LogP contribution < -0.4 is 9.47 Å². The van der Waals surface area contributed by atoms with E-state index in [2.05, 4.69) is 31.9 Å². The van der Waals surface area contributed by atoms with Gasteiger partial charge < -0.3 is 9.47 Å². The van der Waals surface area contributed by atoms with Crippen LogP contribution >= 0.6 is 43.6 Å². The molecule has 1 saturated heterocycles. The van der Waals surface area contributed by atoms with Crippen LogP contribution in [0, 0.1) is 17.0 Å². The second-order valence-electron chi connectivity index (χ2n) is 8.02. The molecule has 0 unspecified atom stereocenters. The molecule has 0 saturated carbocycles. The van der Waals surface area contributed by atoms with Crippen LogP contribution in [0.15, 0.2) is 74.5 Å². The van der Waals surface area contributed by atoms with Crippen molar-refractivity contribution >= 4 is 66.5 Å². The van der Waals surface area contributed by atoms with Gasteiger partial charge in [-0.1, -0.05) is 17.7 Å². The molecule has 0 aliphatic carbocycles. The predicted molar refractivity (Wildman–Crippen MR) is 149 cm³/mol. The van der Waals surface area contributed by atoms with Crippen molar-refractivity contribution < 1.29 is 24.0 Å². The number of rotatable bonds is 9. The number of carbonyl (C=O) groups excluding carboxylic acids is 2. The zero-order chi connectivity index (χ0) is 26.5. The highest BCUT2D eigenvalue weighted by molar-refractivity contribution is 9.11. The van der Waals surface area contributed by atoms with Crippen LogP contribution in [0.25, 0.3) is 6.08 Å². The molecule has 2 amide bonds. The fraction of sp³-hybridized carbons (Fsp3) is 0.154. The highest BCUT2D eigenvalue weighted by Gasteiger charge is 2.34. The maximum Gasteiger partial charge on any atom is 0.293 e. The molecule has 11 heteroatoms. The maximum absolute atomic E-state index is 12.8. The minimum absolute atomic E-state index is 0.0127. The number of nitro benzene ring substituents is 1. The Morgan fingerprint density at radius 2 is 1.65 bits per heavy atom. The summed E-state index contributed by atoms with van der Waals surface area (Å²) >= 11 is 7.87. The molecule has 1 aliphatic rings. The summed E-state index contributed by atoms with van der Waals surface area (Å²) in [6.07, 6.45) is 1.65. The van der Waals surface area contributed by atoms with Crippen molar-refractivity contribution in [1.29, 1.82) is 0 Å². The smallest absolute Gasteiger partial charge is 0.293 e. The van der Waals surface area contributed by atoms with Crippen molar-refractivity contribution in [3.05, 3.63) is 101 Å². The minimum Gasteiger partial charge on any atom is -0.492 e. The Morgan fingerprint density at radius 1 is 1.00 bits per heavy atom. The molecular formula is C26H20Br2N2O6S. The quantitative estimate of drug-likeness (QED) is 0.138. The largest absolute Gasteiger partial charge is 0.492 e. The number of benzene rings is 3. The molecule has 8 nitrogen and oxygen atoms in total. The van der Waals surface area contributed by atoms with E-state index in [1.165, 1.54) is 17.0 Å². The summed E-state index contributed by atoms with van der Waals surface area (Å²) < 4.78 is 12.8. The minimum atomic E-state index is -0.454. The van der Waals surface area contributed by atoms with E-state index in [1.807, 2.05) is 31.2 Å². The lowest BCUT2D eigenvalue weighted by molar-refractivity contribution is -0.384. The van der Waals surface area contributed by atoms with Crippen LogP contribution in [-0.2, 0) is 11.4 Å². The van der Waals surface area contributed by atoms with Gasteiger partial charge in [-0.2, -0.15) is 0 Å². The van der Waals surface area contributed by atoms with Crippen molar-refractivity contribution in [2.45, 2.75) is 13.5 Å².